The zero-order valence-corrected chi connectivity index (χ0v) is 13.3. The van der Waals surface area contributed by atoms with Crippen LogP contribution >= 0.6 is 0 Å². The number of urea groups is 1. The van der Waals surface area contributed by atoms with Crippen LogP contribution in [0.4, 0.5) is 4.79 Å². The average molecular weight is 284 g/mol. The first-order valence-corrected chi connectivity index (χ1v) is 7.41. The second-order valence-electron chi connectivity index (χ2n) is 7.16. The Morgan fingerprint density at radius 2 is 1.70 bits per heavy atom. The minimum Gasteiger partial charge on any atom is -0.480 e. The molecule has 1 aliphatic heterocycles. The first-order chi connectivity index (χ1) is 9.12. The Balaban J connectivity index is 2.57. The van der Waals surface area contributed by atoms with E-state index in [1.54, 1.807) is 4.90 Å². The van der Waals surface area contributed by atoms with Gasteiger partial charge in [0.25, 0.3) is 0 Å². The second-order valence-corrected chi connectivity index (χ2v) is 7.16. The van der Waals surface area contributed by atoms with Crippen molar-refractivity contribution in [2.45, 2.75) is 53.5 Å². The van der Waals surface area contributed by atoms with Crippen LogP contribution in [0.2, 0.25) is 0 Å². The fourth-order valence-electron chi connectivity index (χ4n) is 2.63. The van der Waals surface area contributed by atoms with Crippen molar-refractivity contribution in [3.63, 3.8) is 0 Å². The monoisotopic (exact) mass is 284 g/mol. The van der Waals surface area contributed by atoms with E-state index in [1.165, 1.54) is 0 Å². The third kappa shape index (κ3) is 4.39. The summed E-state index contributed by atoms with van der Waals surface area (Å²) in [5, 5.41) is 11.9. The fraction of sp³-hybridized carbons (Fsp3) is 0.867. The quantitative estimate of drug-likeness (QED) is 0.837. The number of rotatable bonds is 3. The van der Waals surface area contributed by atoms with Crippen molar-refractivity contribution in [2.24, 2.45) is 17.3 Å². The molecule has 1 aliphatic rings. The molecule has 0 radical (unpaired) electrons. The van der Waals surface area contributed by atoms with Crippen LogP contribution in [0.1, 0.15) is 47.5 Å². The first kappa shape index (κ1) is 16.8. The maximum Gasteiger partial charge on any atom is 0.326 e. The molecule has 116 valence electrons. The lowest BCUT2D eigenvalue weighted by Crippen LogP contribution is -2.54. The fourth-order valence-corrected chi connectivity index (χ4v) is 2.63. The summed E-state index contributed by atoms with van der Waals surface area (Å²) in [5.74, 6) is 0.321. The number of amides is 2. The van der Waals surface area contributed by atoms with Gasteiger partial charge in [-0.3, -0.25) is 0 Å². The molecule has 0 saturated carbocycles. The lowest BCUT2D eigenvalue weighted by atomic mass is 9.86. The number of hydrogen-bond donors (Lipinski definition) is 2. The van der Waals surface area contributed by atoms with Gasteiger partial charge >= 0.3 is 12.0 Å². The van der Waals surface area contributed by atoms with E-state index in [1.807, 2.05) is 20.8 Å². The number of piperidine rings is 1. The predicted molar refractivity (Wildman–Crippen MR) is 78.5 cm³/mol. The summed E-state index contributed by atoms with van der Waals surface area (Å²) in [5.41, 5.74) is -0.502. The maximum atomic E-state index is 12.2. The average Bonchev–Trinajstić information content (AvgIpc) is 2.33. The van der Waals surface area contributed by atoms with E-state index in [2.05, 4.69) is 19.2 Å². The van der Waals surface area contributed by atoms with Crippen LogP contribution in [-0.2, 0) is 4.79 Å². The molecule has 1 saturated heterocycles. The molecule has 1 atom stereocenters. The van der Waals surface area contributed by atoms with Gasteiger partial charge < -0.3 is 15.3 Å². The highest BCUT2D eigenvalue weighted by Gasteiger charge is 2.34. The second kappa shape index (κ2) is 6.46. The number of aliphatic carboxylic acids is 1. The molecule has 0 unspecified atom stereocenters. The molecule has 20 heavy (non-hydrogen) atoms. The van der Waals surface area contributed by atoms with Gasteiger partial charge in [0, 0.05) is 13.1 Å². The molecule has 2 N–H and O–H groups in total. The Morgan fingerprint density at radius 1 is 1.20 bits per heavy atom. The van der Waals surface area contributed by atoms with E-state index in [0.29, 0.717) is 24.9 Å². The van der Waals surface area contributed by atoms with Crippen LogP contribution in [0.15, 0.2) is 0 Å². The highest BCUT2D eigenvalue weighted by molar-refractivity contribution is 5.83. The lowest BCUT2D eigenvalue weighted by Gasteiger charge is -2.36. The molecular formula is C15H28N2O3. The SMILES string of the molecule is CC(C)C1CCN(C(=O)N[C@H](C(=O)O)C(C)(C)C)CC1. The van der Waals surface area contributed by atoms with Gasteiger partial charge in [-0.1, -0.05) is 34.6 Å². The Kier molecular flexibility index (Phi) is 5.42. The van der Waals surface area contributed by atoms with Crippen molar-refractivity contribution in [3.05, 3.63) is 0 Å². The molecule has 0 aromatic rings. The smallest absolute Gasteiger partial charge is 0.326 e. The van der Waals surface area contributed by atoms with Crippen molar-refractivity contribution in [3.8, 4) is 0 Å². The van der Waals surface area contributed by atoms with E-state index in [-0.39, 0.29) is 6.03 Å². The largest absolute Gasteiger partial charge is 0.480 e. The Morgan fingerprint density at radius 3 is 2.05 bits per heavy atom. The third-order valence-electron chi connectivity index (χ3n) is 4.15. The van der Waals surface area contributed by atoms with E-state index >= 15 is 0 Å². The highest BCUT2D eigenvalue weighted by Crippen LogP contribution is 2.25. The summed E-state index contributed by atoms with van der Waals surface area (Å²) in [7, 11) is 0. The molecule has 0 aromatic heterocycles. The first-order valence-electron chi connectivity index (χ1n) is 7.41. The van der Waals surface area contributed by atoms with Gasteiger partial charge in [0.1, 0.15) is 6.04 Å². The number of carboxylic acid groups (broad SMARTS) is 1. The Bertz CT molecular complexity index is 353. The van der Waals surface area contributed by atoms with Gasteiger partial charge in [-0.15, -0.1) is 0 Å². The number of nitrogens with one attached hydrogen (secondary N) is 1. The van der Waals surface area contributed by atoms with Crippen molar-refractivity contribution in [1.82, 2.24) is 10.2 Å². The van der Waals surface area contributed by atoms with Crippen LogP contribution in [0, 0.1) is 17.3 Å². The molecule has 1 heterocycles. The zero-order valence-electron chi connectivity index (χ0n) is 13.3. The maximum absolute atomic E-state index is 12.2. The van der Waals surface area contributed by atoms with Crippen LogP contribution in [0.5, 0.6) is 0 Å². The Labute approximate surface area is 121 Å². The lowest BCUT2D eigenvalue weighted by molar-refractivity contribution is -0.142. The Hall–Kier alpha value is -1.26. The number of carbonyl (C=O) groups is 2. The summed E-state index contributed by atoms with van der Waals surface area (Å²) in [4.78, 5) is 25.2. The molecule has 1 fully saturated rings. The predicted octanol–water partition coefficient (Wildman–Crippen LogP) is 2.56. The molecule has 0 aliphatic carbocycles. The van der Waals surface area contributed by atoms with Gasteiger partial charge in [-0.25, -0.2) is 9.59 Å². The molecular weight excluding hydrogens is 256 g/mol. The van der Waals surface area contributed by atoms with E-state index in [9.17, 15) is 14.7 Å². The molecule has 0 spiro atoms. The molecule has 0 aromatic carbocycles. The number of nitrogens with zero attached hydrogens (tertiary/aromatic N) is 1. The molecule has 5 nitrogen and oxygen atoms in total. The van der Waals surface area contributed by atoms with Crippen LogP contribution in [-0.4, -0.2) is 41.1 Å². The summed E-state index contributed by atoms with van der Waals surface area (Å²) >= 11 is 0. The van der Waals surface area contributed by atoms with Gasteiger partial charge in [0.05, 0.1) is 0 Å². The number of hydrogen-bond acceptors (Lipinski definition) is 2. The minimum atomic E-state index is -0.983. The third-order valence-corrected chi connectivity index (χ3v) is 4.15. The summed E-state index contributed by atoms with van der Waals surface area (Å²) < 4.78 is 0. The van der Waals surface area contributed by atoms with E-state index in [0.717, 1.165) is 12.8 Å². The topological polar surface area (TPSA) is 69.6 Å². The highest BCUT2D eigenvalue weighted by atomic mass is 16.4. The van der Waals surface area contributed by atoms with E-state index < -0.39 is 17.4 Å². The number of carboxylic acids is 1. The molecule has 0 bridgehead atoms. The van der Waals surface area contributed by atoms with E-state index in [4.69, 9.17) is 0 Å². The van der Waals surface area contributed by atoms with Gasteiger partial charge in [0.15, 0.2) is 0 Å². The molecule has 5 heteroatoms. The van der Waals surface area contributed by atoms with Crippen LogP contribution in [0.3, 0.4) is 0 Å². The van der Waals surface area contributed by atoms with Gasteiger partial charge in [-0.2, -0.15) is 0 Å². The summed E-state index contributed by atoms with van der Waals surface area (Å²) in [6, 6.07) is -1.12. The summed E-state index contributed by atoms with van der Waals surface area (Å²) in [6.45, 7) is 11.3. The van der Waals surface area contributed by atoms with Crippen molar-refractivity contribution in [1.29, 1.82) is 0 Å². The molecule has 2 amide bonds. The van der Waals surface area contributed by atoms with Crippen molar-refractivity contribution in [2.75, 3.05) is 13.1 Å². The van der Waals surface area contributed by atoms with Crippen LogP contribution < -0.4 is 5.32 Å². The number of likely N-dealkylation sites (tertiary alicyclic amines) is 1. The normalized spacial score (nSPS) is 19.0. The number of carbonyl (C=O) groups excluding carboxylic acids is 1. The summed E-state index contributed by atoms with van der Waals surface area (Å²) in [6.07, 6.45) is 2.00. The van der Waals surface area contributed by atoms with Gasteiger partial charge in [0.2, 0.25) is 0 Å². The zero-order chi connectivity index (χ0) is 15.5. The van der Waals surface area contributed by atoms with Crippen LogP contribution in [0.25, 0.3) is 0 Å². The standard InChI is InChI=1S/C15H28N2O3/c1-10(2)11-6-8-17(9-7-11)14(20)16-12(13(18)19)15(3,4)5/h10-12H,6-9H2,1-5H3,(H,16,20)(H,18,19)/t12-/m1/s1. The van der Waals surface area contributed by atoms with Crippen molar-refractivity contribution < 1.29 is 14.7 Å². The minimum absolute atomic E-state index is 0.255. The van der Waals surface area contributed by atoms with Crippen molar-refractivity contribution >= 4 is 12.0 Å². The molecule has 1 rings (SSSR count). The van der Waals surface area contributed by atoms with Gasteiger partial charge in [-0.05, 0) is 30.1 Å².